The second-order valence-corrected chi connectivity index (χ2v) is 9.57. The Morgan fingerprint density at radius 1 is 0.805 bits per heavy atom. The zero-order valence-corrected chi connectivity index (χ0v) is 22.2. The first kappa shape index (κ1) is 30.8. The molecule has 0 radical (unpaired) electrons. The van der Waals surface area contributed by atoms with Crippen LogP contribution in [0.25, 0.3) is 10.9 Å². The summed E-state index contributed by atoms with van der Waals surface area (Å²) in [6, 6.07) is 10.9. The second-order valence-electron chi connectivity index (χ2n) is 9.57. The Hall–Kier alpha value is -4.75. The normalized spacial score (nSPS) is 13.9. The van der Waals surface area contributed by atoms with E-state index in [1.807, 2.05) is 24.3 Å². The van der Waals surface area contributed by atoms with Crippen molar-refractivity contribution in [2.45, 2.75) is 49.9 Å². The number of para-hydroxylation sites is 1. The minimum absolute atomic E-state index is 0.00811. The maximum absolute atomic E-state index is 13.4. The lowest BCUT2D eigenvalue weighted by molar-refractivity contribution is -0.142. The topological polar surface area (TPSA) is 230 Å². The molecule has 0 aliphatic heterocycles. The summed E-state index contributed by atoms with van der Waals surface area (Å²) >= 11 is 0. The lowest BCUT2D eigenvalue weighted by Crippen LogP contribution is -2.58. The van der Waals surface area contributed by atoms with Crippen molar-refractivity contribution in [1.29, 1.82) is 0 Å². The van der Waals surface area contributed by atoms with Crippen LogP contribution in [-0.4, -0.2) is 75.6 Å². The van der Waals surface area contributed by atoms with Gasteiger partial charge in [0.2, 0.25) is 23.6 Å². The first-order valence-electron chi connectivity index (χ1n) is 13.0. The lowest BCUT2D eigenvalue weighted by Gasteiger charge is -2.24. The zero-order chi connectivity index (χ0) is 29.9. The van der Waals surface area contributed by atoms with Crippen molar-refractivity contribution in [3.8, 4) is 0 Å². The van der Waals surface area contributed by atoms with Crippen molar-refractivity contribution in [1.82, 2.24) is 20.9 Å². The molecule has 4 amide bonds. The van der Waals surface area contributed by atoms with Crippen LogP contribution in [-0.2, 0) is 36.8 Å². The van der Waals surface area contributed by atoms with Gasteiger partial charge in [0.15, 0.2) is 0 Å². The Morgan fingerprint density at radius 2 is 1.41 bits per heavy atom. The zero-order valence-electron chi connectivity index (χ0n) is 22.2. The summed E-state index contributed by atoms with van der Waals surface area (Å²) in [7, 11) is 0. The molecule has 13 heteroatoms. The maximum atomic E-state index is 13.4. The van der Waals surface area contributed by atoms with Gasteiger partial charge in [0.05, 0.1) is 12.6 Å². The number of hydrogen-bond acceptors (Lipinski definition) is 7. The number of nitrogens with one attached hydrogen (secondary N) is 4. The number of aliphatic hydroxyl groups is 1. The van der Waals surface area contributed by atoms with Crippen LogP contribution in [0.2, 0.25) is 0 Å². The number of carboxylic acids is 1. The predicted molar refractivity (Wildman–Crippen MR) is 149 cm³/mol. The number of fused-ring (bicyclic) bond motifs is 1. The Morgan fingerprint density at radius 3 is 2.07 bits per heavy atom. The van der Waals surface area contributed by atoms with Crippen LogP contribution >= 0.6 is 0 Å². The number of carbonyl (C=O) groups excluding carboxylic acids is 4. The fourth-order valence-electron chi connectivity index (χ4n) is 4.23. The van der Waals surface area contributed by atoms with Gasteiger partial charge in [0.25, 0.3) is 0 Å². The summed E-state index contributed by atoms with van der Waals surface area (Å²) in [4.78, 5) is 65.0. The molecule has 0 saturated carbocycles. The van der Waals surface area contributed by atoms with E-state index >= 15 is 0 Å². The molecule has 0 aliphatic rings. The average molecular weight is 567 g/mol. The average Bonchev–Trinajstić information content (AvgIpc) is 3.36. The largest absolute Gasteiger partial charge is 0.480 e. The van der Waals surface area contributed by atoms with Gasteiger partial charge in [-0.15, -0.1) is 0 Å². The number of rotatable bonds is 15. The number of aromatic amines is 1. The number of benzene rings is 2. The molecule has 4 atom stereocenters. The molecule has 0 fully saturated rings. The van der Waals surface area contributed by atoms with Crippen LogP contribution in [0.1, 0.15) is 24.0 Å². The van der Waals surface area contributed by atoms with E-state index in [9.17, 15) is 34.2 Å². The van der Waals surface area contributed by atoms with Crippen LogP contribution in [0, 0.1) is 0 Å². The number of amides is 4. The predicted octanol–water partition coefficient (Wildman–Crippen LogP) is -0.923. The molecular formula is C28H34N6O7. The van der Waals surface area contributed by atoms with E-state index in [4.69, 9.17) is 11.5 Å². The number of aliphatic carboxylic acids is 1. The van der Waals surface area contributed by atoms with Crippen LogP contribution in [0.5, 0.6) is 0 Å². The summed E-state index contributed by atoms with van der Waals surface area (Å²) in [6.45, 7) is -0.812. The first-order chi connectivity index (χ1) is 19.6. The van der Waals surface area contributed by atoms with Crippen LogP contribution < -0.4 is 27.4 Å². The SMILES string of the molecule is NC(=O)CCC(N)C(=O)NC(CO)C(=O)NC(Cc1c[nH]c2ccccc12)C(=O)NC(Cc1ccccc1)C(=O)O. The highest BCUT2D eigenvalue weighted by Gasteiger charge is 2.31. The van der Waals surface area contributed by atoms with Crippen LogP contribution in [0.15, 0.2) is 60.8 Å². The third-order valence-corrected chi connectivity index (χ3v) is 6.48. The number of carbonyl (C=O) groups is 5. The number of hydrogen-bond donors (Lipinski definition) is 8. The van der Waals surface area contributed by atoms with Crippen LogP contribution in [0.4, 0.5) is 0 Å². The van der Waals surface area contributed by atoms with E-state index < -0.39 is 60.4 Å². The fourth-order valence-corrected chi connectivity index (χ4v) is 4.23. The Bertz CT molecular complexity index is 1380. The highest BCUT2D eigenvalue weighted by Crippen LogP contribution is 2.19. The summed E-state index contributed by atoms with van der Waals surface area (Å²) in [5.41, 5.74) is 13.0. The third-order valence-electron chi connectivity index (χ3n) is 6.48. The number of carboxylic acid groups (broad SMARTS) is 1. The number of nitrogens with two attached hydrogens (primary N) is 2. The van der Waals surface area contributed by atoms with Crippen molar-refractivity contribution in [2.75, 3.05) is 6.61 Å². The molecule has 0 bridgehead atoms. The van der Waals surface area contributed by atoms with E-state index in [-0.39, 0.29) is 25.7 Å². The third kappa shape index (κ3) is 8.88. The fraction of sp³-hybridized carbons (Fsp3) is 0.321. The van der Waals surface area contributed by atoms with Crippen molar-refractivity contribution in [2.24, 2.45) is 11.5 Å². The van der Waals surface area contributed by atoms with Gasteiger partial charge in [-0.25, -0.2) is 4.79 Å². The van der Waals surface area contributed by atoms with E-state index in [0.717, 1.165) is 10.9 Å². The van der Waals surface area contributed by atoms with Crippen molar-refractivity contribution in [3.05, 3.63) is 71.9 Å². The summed E-state index contributed by atoms with van der Waals surface area (Å²) in [5, 5.41) is 27.7. The Balaban J connectivity index is 1.79. The lowest BCUT2D eigenvalue weighted by atomic mass is 10.0. The van der Waals surface area contributed by atoms with Gasteiger partial charge in [-0.1, -0.05) is 48.5 Å². The molecule has 3 rings (SSSR count). The second kappa shape index (κ2) is 14.6. The minimum atomic E-state index is -1.47. The Labute approximate surface area is 235 Å². The van der Waals surface area contributed by atoms with Gasteiger partial charge in [-0.3, -0.25) is 19.2 Å². The van der Waals surface area contributed by atoms with Crippen LogP contribution in [0.3, 0.4) is 0 Å². The van der Waals surface area contributed by atoms with Gasteiger partial charge in [-0.05, 0) is 23.6 Å². The van der Waals surface area contributed by atoms with Gasteiger partial charge in [-0.2, -0.15) is 0 Å². The quantitative estimate of drug-likeness (QED) is 0.114. The number of H-pyrrole nitrogens is 1. The van der Waals surface area contributed by atoms with E-state index in [1.54, 1.807) is 36.5 Å². The van der Waals surface area contributed by atoms with Gasteiger partial charge < -0.3 is 42.6 Å². The van der Waals surface area contributed by atoms with E-state index in [0.29, 0.717) is 11.1 Å². The minimum Gasteiger partial charge on any atom is -0.480 e. The van der Waals surface area contributed by atoms with Crippen molar-refractivity contribution in [3.63, 3.8) is 0 Å². The van der Waals surface area contributed by atoms with Gasteiger partial charge in [0.1, 0.15) is 18.1 Å². The van der Waals surface area contributed by atoms with Crippen molar-refractivity contribution >= 4 is 40.5 Å². The molecule has 41 heavy (non-hydrogen) atoms. The van der Waals surface area contributed by atoms with Gasteiger partial charge >= 0.3 is 5.97 Å². The molecule has 1 aromatic heterocycles. The molecule has 1 heterocycles. The highest BCUT2D eigenvalue weighted by atomic mass is 16.4. The molecule has 13 nitrogen and oxygen atoms in total. The molecule has 4 unspecified atom stereocenters. The maximum Gasteiger partial charge on any atom is 0.326 e. The Kier molecular flexibility index (Phi) is 11.0. The highest BCUT2D eigenvalue weighted by molar-refractivity contribution is 5.95. The summed E-state index contributed by atoms with van der Waals surface area (Å²) in [5.74, 6) is -4.37. The van der Waals surface area contributed by atoms with Crippen molar-refractivity contribution < 1.29 is 34.2 Å². The summed E-state index contributed by atoms with van der Waals surface area (Å²) < 4.78 is 0. The number of aliphatic hydroxyl groups excluding tert-OH is 1. The molecule has 3 aromatic rings. The smallest absolute Gasteiger partial charge is 0.326 e. The van der Waals surface area contributed by atoms with E-state index in [2.05, 4.69) is 20.9 Å². The summed E-state index contributed by atoms with van der Waals surface area (Å²) in [6.07, 6.45) is 1.45. The molecular weight excluding hydrogens is 532 g/mol. The standard InChI is InChI=1S/C28H34N6O7/c29-19(10-11-24(30)36)25(37)34-23(15-35)27(39)32-21(13-17-14-31-20-9-5-4-8-18(17)20)26(38)33-22(28(40)41)12-16-6-2-1-3-7-16/h1-9,14,19,21-23,31,35H,10-13,15,29H2,(H2,30,36)(H,32,39)(H,33,38)(H,34,37)(H,40,41). The van der Waals surface area contributed by atoms with E-state index in [1.165, 1.54) is 0 Å². The molecule has 10 N–H and O–H groups in total. The first-order valence-corrected chi connectivity index (χ1v) is 13.0. The number of aromatic nitrogens is 1. The van der Waals surface area contributed by atoms with Gasteiger partial charge in [0, 0.05) is 36.4 Å². The molecule has 0 aliphatic carbocycles. The molecule has 2 aromatic carbocycles. The monoisotopic (exact) mass is 566 g/mol. The molecule has 218 valence electrons. The molecule has 0 spiro atoms. The molecule has 0 saturated heterocycles. The number of primary amides is 1.